The zero-order chi connectivity index (χ0) is 22.3. The Bertz CT molecular complexity index is 1010. The third-order valence-corrected chi connectivity index (χ3v) is 5.64. The van der Waals surface area contributed by atoms with Crippen LogP contribution in [0.5, 0.6) is 5.75 Å². The predicted octanol–water partition coefficient (Wildman–Crippen LogP) is 3.88. The zero-order valence-corrected chi connectivity index (χ0v) is 18.7. The molecule has 168 valence electrons. The van der Waals surface area contributed by atoms with Gasteiger partial charge in [-0.05, 0) is 31.5 Å². The fourth-order valence-corrected chi connectivity index (χ4v) is 4.11. The highest BCUT2D eigenvalue weighted by atomic mass is 16.5. The van der Waals surface area contributed by atoms with Gasteiger partial charge in [0.1, 0.15) is 11.8 Å². The molecular weight excluding hydrogens is 404 g/mol. The smallest absolute Gasteiger partial charge is 0.246 e. The first-order valence-corrected chi connectivity index (χ1v) is 11.1. The Hall–Kier alpha value is -3.16. The SMILES string of the molecule is CCOc1ccccc1NC(=O)C(c1ccccc1)N1CCN(Cc2cc(C)no2)CC1. The van der Waals surface area contributed by atoms with Crippen molar-refractivity contribution < 1.29 is 14.1 Å². The normalized spacial score (nSPS) is 15.9. The summed E-state index contributed by atoms with van der Waals surface area (Å²) in [7, 11) is 0. The molecule has 0 bridgehead atoms. The number of piperazine rings is 1. The molecule has 3 aromatic rings. The average molecular weight is 435 g/mol. The van der Waals surface area contributed by atoms with Crippen LogP contribution in [0.25, 0.3) is 0 Å². The number of nitrogens with zero attached hydrogens (tertiary/aromatic N) is 3. The summed E-state index contributed by atoms with van der Waals surface area (Å²) in [5.74, 6) is 1.51. The number of nitrogens with one attached hydrogen (secondary N) is 1. The van der Waals surface area contributed by atoms with Crippen LogP contribution >= 0.6 is 0 Å². The lowest BCUT2D eigenvalue weighted by Crippen LogP contribution is -2.49. The maximum atomic E-state index is 13.5. The number of benzene rings is 2. The molecule has 1 N–H and O–H groups in total. The summed E-state index contributed by atoms with van der Waals surface area (Å²) in [6.45, 7) is 8.42. The minimum absolute atomic E-state index is 0.0531. The quantitative estimate of drug-likeness (QED) is 0.580. The van der Waals surface area contributed by atoms with E-state index >= 15 is 0 Å². The van der Waals surface area contributed by atoms with E-state index in [9.17, 15) is 4.79 Å². The summed E-state index contributed by atoms with van der Waals surface area (Å²) >= 11 is 0. The Morgan fingerprint density at radius 2 is 1.81 bits per heavy atom. The molecule has 0 aliphatic carbocycles. The molecule has 1 aliphatic rings. The van der Waals surface area contributed by atoms with Gasteiger partial charge in [-0.1, -0.05) is 47.6 Å². The zero-order valence-electron chi connectivity index (χ0n) is 18.7. The van der Waals surface area contributed by atoms with Gasteiger partial charge in [-0.2, -0.15) is 0 Å². The number of aromatic nitrogens is 1. The van der Waals surface area contributed by atoms with E-state index in [4.69, 9.17) is 9.26 Å². The summed E-state index contributed by atoms with van der Waals surface area (Å²) in [6, 6.07) is 19.1. The Morgan fingerprint density at radius 1 is 1.09 bits per heavy atom. The van der Waals surface area contributed by atoms with Crippen LogP contribution in [0.1, 0.15) is 30.0 Å². The first-order chi connectivity index (χ1) is 15.6. The van der Waals surface area contributed by atoms with Crippen LogP contribution in [0.4, 0.5) is 5.69 Å². The van der Waals surface area contributed by atoms with E-state index in [1.54, 1.807) is 0 Å². The van der Waals surface area contributed by atoms with Gasteiger partial charge in [0, 0.05) is 32.2 Å². The summed E-state index contributed by atoms with van der Waals surface area (Å²) in [5, 5.41) is 7.08. The fourth-order valence-electron chi connectivity index (χ4n) is 4.11. The van der Waals surface area contributed by atoms with E-state index in [-0.39, 0.29) is 11.9 Å². The number of hydrogen-bond acceptors (Lipinski definition) is 6. The van der Waals surface area contributed by atoms with Crippen molar-refractivity contribution in [2.45, 2.75) is 26.4 Å². The van der Waals surface area contributed by atoms with Crippen molar-refractivity contribution in [1.29, 1.82) is 0 Å². The maximum Gasteiger partial charge on any atom is 0.246 e. The van der Waals surface area contributed by atoms with Crippen molar-refractivity contribution in [3.05, 3.63) is 77.7 Å². The Balaban J connectivity index is 1.47. The maximum absolute atomic E-state index is 13.5. The molecule has 1 aromatic heterocycles. The molecule has 1 saturated heterocycles. The van der Waals surface area contributed by atoms with Crippen LogP contribution in [0, 0.1) is 6.92 Å². The number of hydrogen-bond donors (Lipinski definition) is 1. The van der Waals surface area contributed by atoms with Gasteiger partial charge in [0.15, 0.2) is 5.76 Å². The predicted molar refractivity (Wildman–Crippen MR) is 124 cm³/mol. The third-order valence-electron chi connectivity index (χ3n) is 5.64. The molecule has 1 amide bonds. The van der Waals surface area contributed by atoms with Crippen LogP contribution in [0.2, 0.25) is 0 Å². The standard InChI is InChI=1S/C25H30N4O3/c1-3-31-23-12-8-7-11-22(23)26-25(30)24(20-9-5-4-6-10-20)29-15-13-28(14-16-29)18-21-17-19(2)27-32-21/h4-12,17,24H,3,13-16,18H2,1-2H3,(H,26,30). The van der Waals surface area contributed by atoms with Crippen molar-refractivity contribution >= 4 is 11.6 Å². The number of rotatable bonds is 8. The molecule has 2 aromatic carbocycles. The molecule has 0 saturated carbocycles. The number of carbonyl (C=O) groups excluding carboxylic acids is 1. The first-order valence-electron chi connectivity index (χ1n) is 11.1. The van der Waals surface area contributed by atoms with Crippen molar-refractivity contribution in [1.82, 2.24) is 15.0 Å². The average Bonchev–Trinajstić information content (AvgIpc) is 3.22. The summed E-state index contributed by atoms with van der Waals surface area (Å²) in [6.07, 6.45) is 0. The van der Waals surface area contributed by atoms with Crippen molar-refractivity contribution in [3.8, 4) is 5.75 Å². The molecule has 7 nitrogen and oxygen atoms in total. The number of aryl methyl sites for hydroxylation is 1. The van der Waals surface area contributed by atoms with Crippen LogP contribution in [0.3, 0.4) is 0 Å². The number of anilines is 1. The molecule has 0 radical (unpaired) electrons. The van der Waals surface area contributed by atoms with Gasteiger partial charge in [-0.3, -0.25) is 14.6 Å². The largest absolute Gasteiger partial charge is 0.492 e. The first kappa shape index (κ1) is 22.0. The highest BCUT2D eigenvalue weighted by molar-refractivity contribution is 5.96. The number of para-hydroxylation sites is 2. The highest BCUT2D eigenvalue weighted by Crippen LogP contribution is 2.28. The van der Waals surface area contributed by atoms with Gasteiger partial charge < -0.3 is 14.6 Å². The van der Waals surface area contributed by atoms with Crippen molar-refractivity contribution in [2.75, 3.05) is 38.1 Å². The Morgan fingerprint density at radius 3 is 2.50 bits per heavy atom. The van der Waals surface area contributed by atoms with E-state index in [1.165, 1.54) is 0 Å². The Kier molecular flexibility index (Phi) is 7.19. The van der Waals surface area contributed by atoms with E-state index in [0.29, 0.717) is 18.0 Å². The molecular formula is C25H30N4O3. The molecule has 1 aliphatic heterocycles. The Labute approximate surface area is 188 Å². The van der Waals surface area contributed by atoms with E-state index in [2.05, 4.69) is 20.3 Å². The van der Waals surface area contributed by atoms with Gasteiger partial charge in [0.2, 0.25) is 5.91 Å². The van der Waals surface area contributed by atoms with Gasteiger partial charge in [-0.25, -0.2) is 0 Å². The summed E-state index contributed by atoms with van der Waals surface area (Å²) in [4.78, 5) is 18.1. The van der Waals surface area contributed by atoms with E-state index in [0.717, 1.165) is 49.7 Å². The lowest BCUT2D eigenvalue weighted by molar-refractivity contribution is -0.122. The monoisotopic (exact) mass is 434 g/mol. The molecule has 4 rings (SSSR count). The van der Waals surface area contributed by atoms with Crippen LogP contribution in [0.15, 0.2) is 65.2 Å². The number of amides is 1. The molecule has 2 heterocycles. The lowest BCUT2D eigenvalue weighted by atomic mass is 10.0. The van der Waals surface area contributed by atoms with Gasteiger partial charge in [0.05, 0.1) is 24.5 Å². The summed E-state index contributed by atoms with van der Waals surface area (Å²) < 4.78 is 11.1. The van der Waals surface area contributed by atoms with Crippen LogP contribution in [-0.2, 0) is 11.3 Å². The number of carbonyl (C=O) groups is 1. The minimum Gasteiger partial charge on any atom is -0.492 e. The second-order valence-electron chi connectivity index (χ2n) is 7.98. The van der Waals surface area contributed by atoms with E-state index < -0.39 is 0 Å². The van der Waals surface area contributed by atoms with Gasteiger partial charge in [-0.15, -0.1) is 0 Å². The van der Waals surface area contributed by atoms with Crippen LogP contribution < -0.4 is 10.1 Å². The third kappa shape index (κ3) is 5.36. The van der Waals surface area contributed by atoms with Gasteiger partial charge in [0.25, 0.3) is 0 Å². The second kappa shape index (κ2) is 10.4. The molecule has 32 heavy (non-hydrogen) atoms. The molecule has 0 spiro atoms. The second-order valence-corrected chi connectivity index (χ2v) is 7.98. The highest BCUT2D eigenvalue weighted by Gasteiger charge is 2.31. The minimum atomic E-state index is -0.374. The fraction of sp³-hybridized carbons (Fsp3) is 0.360. The van der Waals surface area contributed by atoms with E-state index in [1.807, 2.05) is 74.5 Å². The summed E-state index contributed by atoms with van der Waals surface area (Å²) in [5.41, 5.74) is 2.57. The molecule has 1 fully saturated rings. The topological polar surface area (TPSA) is 70.8 Å². The number of ether oxygens (including phenoxy) is 1. The molecule has 1 atom stereocenters. The van der Waals surface area contributed by atoms with Crippen LogP contribution in [-0.4, -0.2) is 53.6 Å². The molecule has 1 unspecified atom stereocenters. The van der Waals surface area contributed by atoms with Crippen molar-refractivity contribution in [2.24, 2.45) is 0 Å². The van der Waals surface area contributed by atoms with Gasteiger partial charge >= 0.3 is 0 Å². The lowest BCUT2D eigenvalue weighted by Gasteiger charge is -2.38. The molecule has 7 heteroatoms. The van der Waals surface area contributed by atoms with Crippen molar-refractivity contribution in [3.63, 3.8) is 0 Å².